The van der Waals surface area contributed by atoms with Crippen LogP contribution in [0.15, 0.2) is 24.3 Å². The number of hydrogen-bond donors (Lipinski definition) is 2. The van der Waals surface area contributed by atoms with Crippen molar-refractivity contribution in [1.29, 1.82) is 0 Å². The van der Waals surface area contributed by atoms with Crippen LogP contribution in [0.1, 0.15) is 25.3 Å². The lowest BCUT2D eigenvalue weighted by Crippen LogP contribution is -2.15. The van der Waals surface area contributed by atoms with E-state index in [-0.39, 0.29) is 24.0 Å². The lowest BCUT2D eigenvalue weighted by atomic mass is 10.1. The minimum Gasteiger partial charge on any atom is -0.478 e. The molecule has 1 amide bonds. The minimum absolute atomic E-state index is 0.0176. The summed E-state index contributed by atoms with van der Waals surface area (Å²) >= 11 is 0. The van der Waals surface area contributed by atoms with Gasteiger partial charge < -0.3 is 15.2 Å². The smallest absolute Gasteiger partial charge is 0.328 e. The van der Waals surface area contributed by atoms with Gasteiger partial charge in [-0.05, 0) is 37.6 Å². The summed E-state index contributed by atoms with van der Waals surface area (Å²) < 4.78 is 18.7. The molecule has 0 aromatic heterocycles. The molecule has 0 aliphatic heterocycles. The van der Waals surface area contributed by atoms with Crippen molar-refractivity contribution in [3.8, 4) is 0 Å². The minimum atomic E-state index is -1.15. The van der Waals surface area contributed by atoms with Gasteiger partial charge in [0.1, 0.15) is 5.82 Å². The normalized spacial score (nSPS) is 12.3. The monoisotopic (exact) mass is 295 g/mol. The number of halogens is 1. The van der Waals surface area contributed by atoms with Crippen molar-refractivity contribution in [2.24, 2.45) is 0 Å². The van der Waals surface area contributed by atoms with Gasteiger partial charge >= 0.3 is 5.97 Å². The van der Waals surface area contributed by atoms with Crippen molar-refractivity contribution in [3.63, 3.8) is 0 Å². The Morgan fingerprint density at radius 1 is 1.48 bits per heavy atom. The molecule has 0 bridgehead atoms. The molecule has 0 aliphatic rings. The van der Waals surface area contributed by atoms with Crippen LogP contribution in [-0.4, -0.2) is 30.2 Å². The summed E-state index contributed by atoms with van der Waals surface area (Å²) in [6.45, 7) is 1.86. The molecule has 2 N–H and O–H groups in total. The Labute approximate surface area is 122 Å². The number of hydrogen-bond acceptors (Lipinski definition) is 3. The van der Waals surface area contributed by atoms with E-state index in [1.54, 1.807) is 7.11 Å². The van der Waals surface area contributed by atoms with Gasteiger partial charge in [-0.25, -0.2) is 9.18 Å². The summed E-state index contributed by atoms with van der Waals surface area (Å²) in [6.07, 6.45) is 2.84. The average molecular weight is 295 g/mol. The quantitative estimate of drug-likeness (QED) is 0.758. The molecule has 1 rings (SSSR count). The lowest BCUT2D eigenvalue weighted by molar-refractivity contribution is -0.131. The number of carboxylic acids is 1. The van der Waals surface area contributed by atoms with E-state index in [0.29, 0.717) is 12.1 Å². The zero-order valence-electron chi connectivity index (χ0n) is 11.9. The first-order valence-electron chi connectivity index (χ1n) is 6.45. The van der Waals surface area contributed by atoms with Crippen molar-refractivity contribution in [1.82, 2.24) is 0 Å². The van der Waals surface area contributed by atoms with Crippen LogP contribution >= 0.6 is 0 Å². The molecular weight excluding hydrogens is 277 g/mol. The fourth-order valence-corrected chi connectivity index (χ4v) is 1.58. The second-order valence-electron chi connectivity index (χ2n) is 4.54. The molecule has 0 heterocycles. The van der Waals surface area contributed by atoms with Crippen molar-refractivity contribution in [2.75, 3.05) is 12.4 Å². The van der Waals surface area contributed by atoms with E-state index < -0.39 is 11.8 Å². The Kier molecular flexibility index (Phi) is 6.55. The molecule has 0 radical (unpaired) electrons. The number of anilines is 1. The Hall–Kier alpha value is -2.21. The number of carbonyl (C=O) groups is 2. The molecule has 1 aromatic rings. The lowest BCUT2D eigenvalue weighted by Gasteiger charge is -2.10. The van der Waals surface area contributed by atoms with Crippen LogP contribution in [0.25, 0.3) is 6.08 Å². The van der Waals surface area contributed by atoms with E-state index in [9.17, 15) is 14.0 Å². The zero-order valence-corrected chi connectivity index (χ0v) is 11.9. The first-order chi connectivity index (χ1) is 9.92. The number of methoxy groups -OCH3 is 1. The van der Waals surface area contributed by atoms with Gasteiger partial charge in [0.25, 0.3) is 0 Å². The summed E-state index contributed by atoms with van der Waals surface area (Å²) in [5.74, 6) is -1.98. The molecule has 1 atom stereocenters. The molecule has 0 saturated heterocycles. The Morgan fingerprint density at radius 3 is 2.76 bits per heavy atom. The van der Waals surface area contributed by atoms with Gasteiger partial charge in [-0.15, -0.1) is 0 Å². The van der Waals surface area contributed by atoms with Crippen molar-refractivity contribution in [3.05, 3.63) is 35.7 Å². The number of nitrogens with one attached hydrogen (secondary N) is 1. The van der Waals surface area contributed by atoms with Crippen molar-refractivity contribution < 1.29 is 23.8 Å². The third kappa shape index (κ3) is 6.18. The highest BCUT2D eigenvalue weighted by atomic mass is 19.1. The summed E-state index contributed by atoms with van der Waals surface area (Å²) in [4.78, 5) is 22.0. The molecule has 114 valence electrons. The second-order valence-corrected chi connectivity index (χ2v) is 4.54. The van der Waals surface area contributed by atoms with Gasteiger partial charge in [0.2, 0.25) is 5.91 Å². The molecular formula is C15H18FNO4. The summed E-state index contributed by atoms with van der Waals surface area (Å²) in [7, 11) is 1.57. The summed E-state index contributed by atoms with van der Waals surface area (Å²) in [5.41, 5.74) is 0.471. The van der Waals surface area contributed by atoms with Gasteiger partial charge in [0.05, 0.1) is 6.10 Å². The second kappa shape index (κ2) is 8.16. The van der Waals surface area contributed by atoms with E-state index in [0.717, 1.165) is 18.2 Å². The van der Waals surface area contributed by atoms with Crippen molar-refractivity contribution in [2.45, 2.75) is 25.9 Å². The van der Waals surface area contributed by atoms with E-state index in [1.165, 1.54) is 12.1 Å². The van der Waals surface area contributed by atoms with Crippen LogP contribution in [0.3, 0.4) is 0 Å². The van der Waals surface area contributed by atoms with Gasteiger partial charge in [0.15, 0.2) is 0 Å². The third-order valence-electron chi connectivity index (χ3n) is 2.87. The molecule has 0 spiro atoms. The van der Waals surface area contributed by atoms with Crippen LogP contribution < -0.4 is 5.32 Å². The number of aliphatic carboxylic acids is 1. The van der Waals surface area contributed by atoms with Gasteiger partial charge in [-0.3, -0.25) is 4.79 Å². The third-order valence-corrected chi connectivity index (χ3v) is 2.87. The molecule has 21 heavy (non-hydrogen) atoms. The van der Waals surface area contributed by atoms with Gasteiger partial charge in [-0.2, -0.15) is 0 Å². The zero-order chi connectivity index (χ0) is 15.8. The maximum atomic E-state index is 13.7. The van der Waals surface area contributed by atoms with E-state index in [1.807, 2.05) is 6.92 Å². The molecule has 0 aliphatic carbocycles. The Bertz CT molecular complexity index is 542. The Balaban J connectivity index is 2.63. The number of rotatable bonds is 7. The van der Waals surface area contributed by atoms with E-state index >= 15 is 0 Å². The molecule has 6 heteroatoms. The van der Waals surface area contributed by atoms with E-state index in [4.69, 9.17) is 9.84 Å². The standard InChI is InChI=1S/C15H18FNO4/c1-10(21-2)3-7-14(18)17-12-6-4-11(13(16)9-12)5-8-15(19)20/h4-6,8-10H,3,7H2,1-2H3,(H,17,18)(H,19,20)/b8-5+. The summed E-state index contributed by atoms with van der Waals surface area (Å²) in [5, 5.41) is 11.1. The Morgan fingerprint density at radius 2 is 2.19 bits per heavy atom. The predicted octanol–water partition coefficient (Wildman–Crippen LogP) is 2.68. The largest absolute Gasteiger partial charge is 0.478 e. The number of ether oxygens (including phenoxy) is 1. The number of carbonyl (C=O) groups excluding carboxylic acids is 1. The summed E-state index contributed by atoms with van der Waals surface area (Å²) in [6, 6.07) is 4.07. The number of amides is 1. The number of carboxylic acid groups (broad SMARTS) is 1. The van der Waals surface area contributed by atoms with Gasteiger partial charge in [-0.1, -0.05) is 0 Å². The van der Waals surface area contributed by atoms with Crippen LogP contribution in [0.5, 0.6) is 0 Å². The average Bonchev–Trinajstić information content (AvgIpc) is 2.43. The maximum absolute atomic E-state index is 13.7. The van der Waals surface area contributed by atoms with Crippen LogP contribution in [0.4, 0.5) is 10.1 Å². The van der Waals surface area contributed by atoms with Crippen LogP contribution in [0.2, 0.25) is 0 Å². The fourth-order valence-electron chi connectivity index (χ4n) is 1.58. The topological polar surface area (TPSA) is 75.6 Å². The molecule has 1 aromatic carbocycles. The highest BCUT2D eigenvalue weighted by Gasteiger charge is 2.08. The van der Waals surface area contributed by atoms with E-state index in [2.05, 4.69) is 5.32 Å². The molecule has 0 fully saturated rings. The first-order valence-corrected chi connectivity index (χ1v) is 6.45. The first kappa shape index (κ1) is 16.8. The molecule has 5 nitrogen and oxygen atoms in total. The maximum Gasteiger partial charge on any atom is 0.328 e. The van der Waals surface area contributed by atoms with Crippen LogP contribution in [0, 0.1) is 5.82 Å². The highest BCUT2D eigenvalue weighted by molar-refractivity contribution is 5.91. The molecule has 1 unspecified atom stereocenters. The predicted molar refractivity (Wildman–Crippen MR) is 77.4 cm³/mol. The SMILES string of the molecule is COC(C)CCC(=O)Nc1ccc(/C=C/C(=O)O)c(F)c1. The highest BCUT2D eigenvalue weighted by Crippen LogP contribution is 2.16. The van der Waals surface area contributed by atoms with Crippen LogP contribution in [-0.2, 0) is 14.3 Å². The fraction of sp³-hybridized carbons (Fsp3) is 0.333. The van der Waals surface area contributed by atoms with Crippen molar-refractivity contribution >= 4 is 23.6 Å². The molecule has 0 saturated carbocycles. The number of benzene rings is 1. The van der Waals surface area contributed by atoms with Gasteiger partial charge in [0, 0.05) is 30.9 Å².